The van der Waals surface area contributed by atoms with E-state index < -0.39 is 0 Å². The molecule has 0 unspecified atom stereocenters. The zero-order valence-corrected chi connectivity index (χ0v) is 15.0. The Morgan fingerprint density at radius 2 is 2.05 bits per heavy atom. The quantitative estimate of drug-likeness (QED) is 0.684. The highest BCUT2D eigenvalue weighted by Crippen LogP contribution is 2.30. The first-order valence-electron chi connectivity index (χ1n) is 7.60. The summed E-state index contributed by atoms with van der Waals surface area (Å²) < 4.78 is 0. The lowest BCUT2D eigenvalue weighted by Gasteiger charge is -2.13. The molecule has 0 spiro atoms. The van der Waals surface area contributed by atoms with Crippen LogP contribution < -0.4 is 5.32 Å². The summed E-state index contributed by atoms with van der Waals surface area (Å²) in [5, 5.41) is 7.96. The number of thiophene rings is 2. The first kappa shape index (κ1) is 16.5. The molecule has 114 valence electrons. The maximum Gasteiger partial charge on any atom is 0.0351 e. The Hall–Kier alpha value is -0.900. The van der Waals surface area contributed by atoms with Gasteiger partial charge in [-0.1, -0.05) is 39.3 Å². The third kappa shape index (κ3) is 5.10. The van der Waals surface area contributed by atoms with Crippen molar-refractivity contribution in [1.82, 2.24) is 5.32 Å². The number of nitrogens with one attached hydrogen (secondary N) is 1. The van der Waals surface area contributed by atoms with E-state index in [2.05, 4.69) is 68.0 Å². The van der Waals surface area contributed by atoms with Gasteiger partial charge in [0.2, 0.25) is 0 Å². The molecule has 0 radical (unpaired) electrons. The van der Waals surface area contributed by atoms with Crippen molar-refractivity contribution in [2.24, 2.45) is 11.8 Å². The zero-order valence-electron chi connectivity index (χ0n) is 13.3. The number of hydrogen-bond acceptors (Lipinski definition) is 3. The summed E-state index contributed by atoms with van der Waals surface area (Å²) in [4.78, 5) is 2.71. The second-order valence-corrected chi connectivity index (χ2v) is 8.00. The Morgan fingerprint density at radius 1 is 1.24 bits per heavy atom. The minimum atomic E-state index is 0.581. The SMILES string of the molecule is CC(C)CNCC(=Cc1cc(-c2cccs2)cs1)C(C)C. The van der Waals surface area contributed by atoms with Crippen molar-refractivity contribution in [2.45, 2.75) is 27.7 Å². The first-order chi connectivity index (χ1) is 10.1. The average molecular weight is 320 g/mol. The number of hydrogen-bond donors (Lipinski definition) is 1. The topological polar surface area (TPSA) is 12.0 Å². The maximum absolute atomic E-state index is 3.56. The van der Waals surface area contributed by atoms with Gasteiger partial charge in [0.15, 0.2) is 0 Å². The minimum absolute atomic E-state index is 0.581. The fourth-order valence-electron chi connectivity index (χ4n) is 2.11. The highest BCUT2D eigenvalue weighted by molar-refractivity contribution is 7.15. The summed E-state index contributed by atoms with van der Waals surface area (Å²) in [6.45, 7) is 11.1. The van der Waals surface area contributed by atoms with Crippen molar-refractivity contribution in [1.29, 1.82) is 0 Å². The Morgan fingerprint density at radius 3 is 2.67 bits per heavy atom. The van der Waals surface area contributed by atoms with Gasteiger partial charge in [-0.15, -0.1) is 22.7 Å². The van der Waals surface area contributed by atoms with Crippen LogP contribution in [0.15, 0.2) is 34.5 Å². The van der Waals surface area contributed by atoms with Gasteiger partial charge in [-0.25, -0.2) is 0 Å². The van der Waals surface area contributed by atoms with Gasteiger partial charge in [-0.3, -0.25) is 0 Å². The van der Waals surface area contributed by atoms with Gasteiger partial charge < -0.3 is 5.32 Å². The fraction of sp³-hybridized carbons (Fsp3) is 0.444. The van der Waals surface area contributed by atoms with Crippen molar-refractivity contribution < 1.29 is 0 Å². The van der Waals surface area contributed by atoms with E-state index >= 15 is 0 Å². The molecule has 0 fully saturated rings. The summed E-state index contributed by atoms with van der Waals surface area (Å²) in [5.74, 6) is 1.28. The van der Waals surface area contributed by atoms with E-state index in [0.717, 1.165) is 13.1 Å². The molecule has 0 saturated heterocycles. The predicted molar refractivity (Wildman–Crippen MR) is 98.2 cm³/mol. The van der Waals surface area contributed by atoms with Gasteiger partial charge in [-0.2, -0.15) is 0 Å². The standard InChI is InChI=1S/C18H25NS2/c1-13(2)10-19-11-15(14(3)4)8-17-9-16(12-21-17)18-6-5-7-20-18/h5-9,12-14,19H,10-11H2,1-4H3. The highest BCUT2D eigenvalue weighted by atomic mass is 32.1. The largest absolute Gasteiger partial charge is 0.313 e. The molecule has 0 aliphatic rings. The summed E-state index contributed by atoms with van der Waals surface area (Å²) >= 11 is 3.64. The van der Waals surface area contributed by atoms with E-state index in [9.17, 15) is 0 Å². The van der Waals surface area contributed by atoms with Crippen LogP contribution in [0.1, 0.15) is 32.6 Å². The third-order valence-electron chi connectivity index (χ3n) is 3.38. The molecule has 2 aromatic rings. The minimum Gasteiger partial charge on any atom is -0.313 e. The van der Waals surface area contributed by atoms with Gasteiger partial charge >= 0.3 is 0 Å². The molecule has 0 aliphatic carbocycles. The van der Waals surface area contributed by atoms with Crippen LogP contribution in [0.4, 0.5) is 0 Å². The molecule has 2 rings (SSSR count). The van der Waals surface area contributed by atoms with E-state index in [1.807, 2.05) is 11.3 Å². The van der Waals surface area contributed by atoms with Gasteiger partial charge in [0.25, 0.3) is 0 Å². The van der Waals surface area contributed by atoms with Crippen molar-refractivity contribution in [3.8, 4) is 10.4 Å². The van der Waals surface area contributed by atoms with E-state index in [1.165, 1.54) is 20.9 Å². The van der Waals surface area contributed by atoms with Crippen LogP contribution >= 0.6 is 22.7 Å². The van der Waals surface area contributed by atoms with Crippen molar-refractivity contribution >= 4 is 28.7 Å². The summed E-state index contributed by atoms with van der Waals surface area (Å²) in [6, 6.07) is 6.61. The predicted octanol–water partition coefficient (Wildman–Crippen LogP) is 5.76. The molecule has 21 heavy (non-hydrogen) atoms. The van der Waals surface area contributed by atoms with Gasteiger partial charge in [0.1, 0.15) is 0 Å². The Labute approximate surface area is 136 Å². The number of rotatable bonds is 7. The molecular formula is C18H25NS2. The second kappa shape index (κ2) is 7.92. The molecule has 0 saturated carbocycles. The normalized spacial score (nSPS) is 12.6. The summed E-state index contributed by atoms with van der Waals surface area (Å²) in [6.07, 6.45) is 2.36. The van der Waals surface area contributed by atoms with E-state index in [-0.39, 0.29) is 0 Å². The molecular weight excluding hydrogens is 294 g/mol. The Kier molecular flexibility index (Phi) is 6.22. The van der Waals surface area contributed by atoms with E-state index in [0.29, 0.717) is 11.8 Å². The van der Waals surface area contributed by atoms with Crippen molar-refractivity contribution in [2.75, 3.05) is 13.1 Å². The van der Waals surface area contributed by atoms with Crippen molar-refractivity contribution in [3.63, 3.8) is 0 Å². The van der Waals surface area contributed by atoms with Crippen molar-refractivity contribution in [3.05, 3.63) is 39.4 Å². The lowest BCUT2D eigenvalue weighted by Crippen LogP contribution is -2.23. The molecule has 1 N–H and O–H groups in total. The molecule has 0 aromatic carbocycles. The summed E-state index contributed by atoms with van der Waals surface area (Å²) in [5.41, 5.74) is 2.83. The van der Waals surface area contributed by atoms with Gasteiger partial charge in [0, 0.05) is 21.9 Å². The molecule has 3 heteroatoms. The lowest BCUT2D eigenvalue weighted by atomic mass is 10.0. The molecule has 0 aliphatic heterocycles. The van der Waals surface area contributed by atoms with Gasteiger partial charge in [0.05, 0.1) is 0 Å². The molecule has 2 heterocycles. The fourth-order valence-corrected chi connectivity index (χ4v) is 3.77. The van der Waals surface area contributed by atoms with E-state index in [4.69, 9.17) is 0 Å². The zero-order chi connectivity index (χ0) is 15.2. The third-order valence-corrected chi connectivity index (χ3v) is 5.17. The monoisotopic (exact) mass is 319 g/mol. The summed E-state index contributed by atoms with van der Waals surface area (Å²) in [7, 11) is 0. The van der Waals surface area contributed by atoms with E-state index in [1.54, 1.807) is 11.3 Å². The van der Waals surface area contributed by atoms with Crippen LogP contribution in [-0.4, -0.2) is 13.1 Å². The Bertz CT molecular complexity index is 562. The molecule has 0 bridgehead atoms. The smallest absolute Gasteiger partial charge is 0.0351 e. The van der Waals surface area contributed by atoms with Crippen LogP contribution in [0.3, 0.4) is 0 Å². The lowest BCUT2D eigenvalue weighted by molar-refractivity contribution is 0.558. The maximum atomic E-state index is 3.56. The first-order valence-corrected chi connectivity index (χ1v) is 9.35. The average Bonchev–Trinajstić information content (AvgIpc) is 3.07. The van der Waals surface area contributed by atoms with Gasteiger partial charge in [-0.05, 0) is 47.3 Å². The van der Waals surface area contributed by atoms with Crippen LogP contribution in [0, 0.1) is 11.8 Å². The van der Waals surface area contributed by atoms with Crippen LogP contribution in [0.2, 0.25) is 0 Å². The molecule has 2 aromatic heterocycles. The van der Waals surface area contributed by atoms with Crippen LogP contribution in [0.5, 0.6) is 0 Å². The van der Waals surface area contributed by atoms with Crippen LogP contribution in [-0.2, 0) is 0 Å². The molecule has 0 amide bonds. The molecule has 0 atom stereocenters. The Balaban J connectivity index is 2.07. The molecule has 1 nitrogen and oxygen atoms in total. The second-order valence-electron chi connectivity index (χ2n) is 6.11. The highest BCUT2D eigenvalue weighted by Gasteiger charge is 2.07. The van der Waals surface area contributed by atoms with Crippen LogP contribution in [0.25, 0.3) is 16.5 Å².